The Bertz CT molecular complexity index is 990. The molecule has 0 saturated heterocycles. The molecule has 0 radical (unpaired) electrons. The number of amides is 1. The van der Waals surface area contributed by atoms with Crippen molar-refractivity contribution < 1.29 is 23.9 Å². The van der Waals surface area contributed by atoms with Gasteiger partial charge in [0, 0.05) is 21.6 Å². The van der Waals surface area contributed by atoms with E-state index in [0.717, 1.165) is 0 Å². The third-order valence-corrected chi connectivity index (χ3v) is 3.89. The van der Waals surface area contributed by atoms with Gasteiger partial charge in [0.25, 0.3) is 0 Å². The molecule has 0 atom stereocenters. The first-order chi connectivity index (χ1) is 12.0. The molecule has 1 amide bonds. The fourth-order valence-electron chi connectivity index (χ4n) is 2.81. The van der Waals surface area contributed by atoms with Gasteiger partial charge < -0.3 is 9.47 Å². The Balaban J connectivity index is 2.31. The van der Waals surface area contributed by atoms with E-state index in [9.17, 15) is 14.4 Å². The number of carbonyl (C=O) groups excluding carboxylic acids is 3. The number of hydrogen-bond donors (Lipinski definition) is 0. The van der Waals surface area contributed by atoms with Crippen LogP contribution in [-0.2, 0) is 0 Å². The zero-order chi connectivity index (χ0) is 18.1. The van der Waals surface area contributed by atoms with E-state index in [0.29, 0.717) is 0 Å². The predicted molar refractivity (Wildman–Crippen MR) is 86.3 cm³/mol. The van der Waals surface area contributed by atoms with Gasteiger partial charge >= 0.3 is 0 Å². The van der Waals surface area contributed by atoms with Crippen molar-refractivity contribution in [2.24, 2.45) is 5.11 Å². The first-order valence-corrected chi connectivity index (χ1v) is 7.11. The maximum Gasteiger partial charge on any atom is 0.249 e. The summed E-state index contributed by atoms with van der Waals surface area (Å²) in [6, 6.07) is 7.19. The number of ketones is 2. The molecule has 0 saturated carbocycles. The van der Waals surface area contributed by atoms with Gasteiger partial charge in [-0.1, -0.05) is 12.1 Å². The molecule has 1 aliphatic carbocycles. The van der Waals surface area contributed by atoms with Crippen molar-refractivity contribution in [3.05, 3.63) is 68.6 Å². The Labute approximate surface area is 141 Å². The van der Waals surface area contributed by atoms with Crippen molar-refractivity contribution in [2.45, 2.75) is 0 Å². The Kier molecular flexibility index (Phi) is 3.96. The van der Waals surface area contributed by atoms with Crippen molar-refractivity contribution in [1.29, 1.82) is 0 Å². The van der Waals surface area contributed by atoms with E-state index < -0.39 is 17.5 Å². The Morgan fingerprint density at radius 3 is 2.32 bits per heavy atom. The molecule has 0 unspecified atom stereocenters. The zero-order valence-corrected chi connectivity index (χ0v) is 13.3. The number of hydrogen-bond acceptors (Lipinski definition) is 5. The molecule has 2 aromatic rings. The van der Waals surface area contributed by atoms with Crippen LogP contribution >= 0.6 is 0 Å². The minimum absolute atomic E-state index is 0.0154. The summed E-state index contributed by atoms with van der Waals surface area (Å²) in [6.07, 6.45) is 0. The highest BCUT2D eigenvalue weighted by atomic mass is 16.5. The standard InChI is InChI=1S/C17H11N3O5/c1-24-11-5-3-4-9-13(11)16(22)14-10(15(9)21)6-8(7-12(14)25-2)17(23)19-20-18/h3-7H,1-2H3. The molecule has 0 aliphatic heterocycles. The van der Waals surface area contributed by atoms with E-state index in [2.05, 4.69) is 10.0 Å². The van der Waals surface area contributed by atoms with Gasteiger partial charge in [0.05, 0.1) is 25.3 Å². The van der Waals surface area contributed by atoms with Crippen molar-refractivity contribution in [3.8, 4) is 11.5 Å². The van der Waals surface area contributed by atoms with Crippen LogP contribution in [0.25, 0.3) is 10.4 Å². The number of methoxy groups -OCH3 is 2. The number of benzene rings is 2. The molecule has 0 N–H and O–H groups in total. The van der Waals surface area contributed by atoms with E-state index in [1.807, 2.05) is 0 Å². The first kappa shape index (κ1) is 16.2. The van der Waals surface area contributed by atoms with E-state index in [-0.39, 0.29) is 39.3 Å². The summed E-state index contributed by atoms with van der Waals surface area (Å²) in [4.78, 5) is 40.1. The quantitative estimate of drug-likeness (QED) is 0.413. The highest BCUT2D eigenvalue weighted by molar-refractivity contribution is 6.30. The molecule has 0 fully saturated rings. The van der Waals surface area contributed by atoms with E-state index >= 15 is 0 Å². The maximum absolute atomic E-state index is 12.9. The van der Waals surface area contributed by atoms with Crippen molar-refractivity contribution in [1.82, 2.24) is 0 Å². The molecular weight excluding hydrogens is 326 g/mol. The van der Waals surface area contributed by atoms with Gasteiger partial charge in [-0.15, -0.1) is 0 Å². The summed E-state index contributed by atoms with van der Waals surface area (Å²) in [6.45, 7) is 0. The zero-order valence-electron chi connectivity index (χ0n) is 13.3. The summed E-state index contributed by atoms with van der Waals surface area (Å²) in [5.41, 5.74) is 8.76. The molecule has 25 heavy (non-hydrogen) atoms. The Hall–Kier alpha value is -3.64. The van der Waals surface area contributed by atoms with E-state index in [1.54, 1.807) is 12.1 Å². The van der Waals surface area contributed by atoms with Crippen LogP contribution in [0.1, 0.15) is 42.2 Å². The highest BCUT2D eigenvalue weighted by Crippen LogP contribution is 2.38. The number of carbonyl (C=O) groups is 3. The lowest BCUT2D eigenvalue weighted by Crippen LogP contribution is -2.23. The number of azide groups is 1. The Morgan fingerprint density at radius 1 is 1.00 bits per heavy atom. The number of ether oxygens (including phenoxy) is 2. The lowest BCUT2D eigenvalue weighted by atomic mass is 9.82. The highest BCUT2D eigenvalue weighted by Gasteiger charge is 2.35. The molecule has 3 rings (SSSR count). The van der Waals surface area contributed by atoms with Crippen LogP contribution in [0.2, 0.25) is 0 Å². The average Bonchev–Trinajstić information content (AvgIpc) is 2.64. The molecule has 124 valence electrons. The van der Waals surface area contributed by atoms with Crippen LogP contribution in [0.5, 0.6) is 11.5 Å². The van der Waals surface area contributed by atoms with Crippen LogP contribution < -0.4 is 9.47 Å². The fourth-order valence-corrected chi connectivity index (χ4v) is 2.81. The van der Waals surface area contributed by atoms with Gasteiger partial charge in [-0.3, -0.25) is 14.4 Å². The second-order valence-corrected chi connectivity index (χ2v) is 5.14. The predicted octanol–water partition coefficient (Wildman–Crippen LogP) is 2.93. The Morgan fingerprint density at radius 2 is 1.68 bits per heavy atom. The van der Waals surface area contributed by atoms with E-state index in [1.165, 1.54) is 32.4 Å². The normalized spacial score (nSPS) is 11.9. The maximum atomic E-state index is 12.9. The molecular formula is C17H11N3O5. The molecule has 0 bridgehead atoms. The molecule has 2 aromatic carbocycles. The van der Waals surface area contributed by atoms with Gasteiger partial charge in [-0.25, -0.2) is 0 Å². The van der Waals surface area contributed by atoms with Gasteiger partial charge in [-0.2, -0.15) is 0 Å². The van der Waals surface area contributed by atoms with Crippen molar-refractivity contribution in [2.75, 3.05) is 14.2 Å². The van der Waals surface area contributed by atoms with Crippen LogP contribution in [0.4, 0.5) is 0 Å². The van der Waals surface area contributed by atoms with E-state index in [4.69, 9.17) is 15.0 Å². The summed E-state index contributed by atoms with van der Waals surface area (Å²) >= 11 is 0. The van der Waals surface area contributed by atoms with Crippen molar-refractivity contribution in [3.63, 3.8) is 0 Å². The molecule has 0 spiro atoms. The third kappa shape index (κ3) is 2.41. The minimum atomic E-state index is -0.875. The fraction of sp³-hybridized carbons (Fsp3) is 0.118. The summed E-state index contributed by atoms with van der Waals surface area (Å²) in [5, 5.41) is 3.00. The van der Waals surface area contributed by atoms with Crippen LogP contribution in [-0.4, -0.2) is 31.7 Å². The van der Waals surface area contributed by atoms with Gasteiger partial charge in [0.1, 0.15) is 11.5 Å². The number of fused-ring (bicyclic) bond motifs is 2. The number of nitrogens with zero attached hydrogens (tertiary/aromatic N) is 3. The average molecular weight is 337 g/mol. The topological polar surface area (TPSA) is 118 Å². The molecule has 0 aromatic heterocycles. The number of rotatable bonds is 3. The lowest BCUT2D eigenvalue weighted by molar-refractivity contribution is 0.0971. The third-order valence-electron chi connectivity index (χ3n) is 3.89. The SMILES string of the molecule is COc1cccc2c1C(=O)c1c(OC)cc(C(=O)N=[N+]=[N-])cc1C2=O. The van der Waals surface area contributed by atoms with Crippen LogP contribution in [0.15, 0.2) is 35.4 Å². The van der Waals surface area contributed by atoms with Crippen LogP contribution in [0.3, 0.4) is 0 Å². The monoisotopic (exact) mass is 337 g/mol. The van der Waals surface area contributed by atoms with Crippen LogP contribution in [0, 0.1) is 0 Å². The molecule has 8 heteroatoms. The van der Waals surface area contributed by atoms with Gasteiger partial charge in [-0.05, 0) is 28.8 Å². The molecule has 8 nitrogen and oxygen atoms in total. The lowest BCUT2D eigenvalue weighted by Gasteiger charge is -2.21. The van der Waals surface area contributed by atoms with Gasteiger partial charge in [0.2, 0.25) is 11.7 Å². The summed E-state index contributed by atoms with van der Waals surface area (Å²) in [7, 11) is 2.72. The largest absolute Gasteiger partial charge is 0.496 e. The minimum Gasteiger partial charge on any atom is -0.496 e. The summed E-state index contributed by atoms with van der Waals surface area (Å²) in [5.74, 6) is -1.44. The smallest absolute Gasteiger partial charge is 0.249 e. The van der Waals surface area contributed by atoms with Gasteiger partial charge in [0.15, 0.2) is 5.78 Å². The second-order valence-electron chi connectivity index (χ2n) is 5.14. The first-order valence-electron chi connectivity index (χ1n) is 7.11. The molecule has 1 aliphatic rings. The second kappa shape index (κ2) is 6.10. The summed E-state index contributed by atoms with van der Waals surface area (Å²) < 4.78 is 10.4. The van der Waals surface area contributed by atoms with Crippen molar-refractivity contribution >= 4 is 17.5 Å². The molecule has 0 heterocycles.